The van der Waals surface area contributed by atoms with Gasteiger partial charge in [-0.25, -0.2) is 14.9 Å². The summed E-state index contributed by atoms with van der Waals surface area (Å²) in [5.74, 6) is 0.449. The average molecular weight is 385 g/mol. The fourth-order valence-electron chi connectivity index (χ4n) is 2.29. The minimum absolute atomic E-state index is 0.179. The van der Waals surface area contributed by atoms with Crippen molar-refractivity contribution in [3.8, 4) is 22.9 Å². The number of hydrogen-bond acceptors (Lipinski definition) is 8. The molecule has 0 aliphatic rings. The summed E-state index contributed by atoms with van der Waals surface area (Å²) in [5.41, 5.74) is 3.63. The first kappa shape index (κ1) is 18.6. The first-order valence-electron chi connectivity index (χ1n) is 7.87. The molecule has 11 heteroatoms. The SMILES string of the molecule is COC(=O)NN=Cc1cn(-c2ccc(OC)cc2)nc1-c1ccc([N+](=O)[O-])o1. The summed E-state index contributed by atoms with van der Waals surface area (Å²) >= 11 is 0. The third kappa shape index (κ3) is 3.98. The van der Waals surface area contributed by atoms with Crippen LogP contribution in [0, 0.1) is 10.1 Å². The van der Waals surface area contributed by atoms with E-state index in [0.717, 1.165) is 0 Å². The Morgan fingerprint density at radius 2 is 2.04 bits per heavy atom. The molecular weight excluding hydrogens is 370 g/mol. The molecule has 0 fully saturated rings. The Balaban J connectivity index is 2.00. The second-order valence-corrected chi connectivity index (χ2v) is 5.33. The predicted molar refractivity (Wildman–Crippen MR) is 97.6 cm³/mol. The van der Waals surface area contributed by atoms with Crippen molar-refractivity contribution in [1.29, 1.82) is 0 Å². The topological polar surface area (TPSA) is 134 Å². The number of methoxy groups -OCH3 is 2. The molecule has 0 saturated heterocycles. The van der Waals surface area contributed by atoms with Crippen LogP contribution in [-0.4, -0.2) is 41.2 Å². The number of nitrogens with zero attached hydrogens (tertiary/aromatic N) is 4. The number of hydrogen-bond donors (Lipinski definition) is 1. The molecule has 3 aromatic rings. The van der Waals surface area contributed by atoms with Crippen LogP contribution >= 0.6 is 0 Å². The Morgan fingerprint density at radius 1 is 1.29 bits per heavy atom. The number of aromatic nitrogens is 2. The zero-order chi connectivity index (χ0) is 20.1. The number of ether oxygens (including phenoxy) is 2. The second kappa shape index (κ2) is 8.03. The Labute approximate surface area is 158 Å². The van der Waals surface area contributed by atoms with E-state index in [2.05, 4.69) is 20.4 Å². The molecule has 0 saturated carbocycles. The van der Waals surface area contributed by atoms with Crippen molar-refractivity contribution >= 4 is 18.2 Å². The quantitative estimate of drug-likeness (QED) is 0.392. The zero-order valence-electron chi connectivity index (χ0n) is 14.9. The smallest absolute Gasteiger partial charge is 0.433 e. The molecule has 0 bridgehead atoms. The summed E-state index contributed by atoms with van der Waals surface area (Å²) < 4.78 is 16.4. The molecular formula is C17H15N5O6. The standard InChI is InChI=1S/C17H15N5O6/c1-26-13-5-3-12(4-6-13)21-10-11(9-18-19-17(23)27-2)16(20-21)14-7-8-15(28-14)22(24)25/h3-10H,1-2H3,(H,19,23). The number of benzene rings is 1. The first-order chi connectivity index (χ1) is 13.5. The molecule has 0 atom stereocenters. The summed E-state index contributed by atoms with van der Waals surface area (Å²) in [6, 6.07) is 9.77. The molecule has 1 N–H and O–H groups in total. The van der Waals surface area contributed by atoms with Crippen LogP contribution in [-0.2, 0) is 4.74 Å². The van der Waals surface area contributed by atoms with Gasteiger partial charge in [0.25, 0.3) is 0 Å². The number of carbonyl (C=O) groups is 1. The highest BCUT2D eigenvalue weighted by molar-refractivity contribution is 5.88. The largest absolute Gasteiger partial charge is 0.497 e. The van der Waals surface area contributed by atoms with Crippen molar-refractivity contribution in [3.63, 3.8) is 0 Å². The first-order valence-corrected chi connectivity index (χ1v) is 7.87. The molecule has 0 aliphatic heterocycles. The van der Waals surface area contributed by atoms with E-state index in [-0.39, 0.29) is 5.76 Å². The Hall–Kier alpha value is -4.15. The number of furan rings is 1. The highest BCUT2D eigenvalue weighted by Crippen LogP contribution is 2.28. The summed E-state index contributed by atoms with van der Waals surface area (Å²) in [4.78, 5) is 21.4. The summed E-state index contributed by atoms with van der Waals surface area (Å²) in [6.07, 6.45) is 2.22. The molecule has 0 unspecified atom stereocenters. The number of hydrazone groups is 1. The van der Waals surface area contributed by atoms with Gasteiger partial charge in [-0.15, -0.1) is 0 Å². The number of rotatable bonds is 6. The summed E-state index contributed by atoms with van der Waals surface area (Å²) in [5, 5.41) is 19.1. The Kier molecular flexibility index (Phi) is 5.35. The van der Waals surface area contributed by atoms with E-state index >= 15 is 0 Å². The number of nitro groups is 1. The Bertz CT molecular complexity index is 1020. The van der Waals surface area contributed by atoms with Crippen LogP contribution in [0.1, 0.15) is 5.56 Å². The van der Waals surface area contributed by atoms with Gasteiger partial charge in [0.1, 0.15) is 16.4 Å². The van der Waals surface area contributed by atoms with E-state index in [1.807, 2.05) is 0 Å². The van der Waals surface area contributed by atoms with Gasteiger partial charge in [0.15, 0.2) is 5.76 Å². The zero-order valence-corrected chi connectivity index (χ0v) is 14.9. The monoisotopic (exact) mass is 385 g/mol. The van der Waals surface area contributed by atoms with Crippen LogP contribution in [0.15, 0.2) is 52.1 Å². The van der Waals surface area contributed by atoms with Crippen molar-refractivity contribution in [2.75, 3.05) is 14.2 Å². The van der Waals surface area contributed by atoms with Crippen molar-refractivity contribution in [2.24, 2.45) is 5.10 Å². The molecule has 28 heavy (non-hydrogen) atoms. The van der Waals surface area contributed by atoms with Gasteiger partial charge in [0.2, 0.25) is 0 Å². The van der Waals surface area contributed by atoms with E-state index in [1.165, 1.54) is 25.5 Å². The molecule has 1 amide bonds. The number of nitrogens with one attached hydrogen (secondary N) is 1. The summed E-state index contributed by atoms with van der Waals surface area (Å²) in [6.45, 7) is 0. The molecule has 144 valence electrons. The van der Waals surface area contributed by atoms with Gasteiger partial charge < -0.3 is 13.9 Å². The van der Waals surface area contributed by atoms with Crippen LogP contribution in [0.2, 0.25) is 0 Å². The van der Waals surface area contributed by atoms with Crippen molar-refractivity contribution < 1.29 is 23.6 Å². The van der Waals surface area contributed by atoms with Gasteiger partial charge in [-0.3, -0.25) is 10.1 Å². The van der Waals surface area contributed by atoms with E-state index in [4.69, 9.17) is 9.15 Å². The second-order valence-electron chi connectivity index (χ2n) is 5.33. The van der Waals surface area contributed by atoms with Gasteiger partial charge in [-0.05, 0) is 30.3 Å². The fourth-order valence-corrected chi connectivity index (χ4v) is 2.29. The van der Waals surface area contributed by atoms with Crippen molar-refractivity contribution in [2.45, 2.75) is 0 Å². The molecule has 11 nitrogen and oxygen atoms in total. The molecule has 0 aliphatic carbocycles. The molecule has 2 aromatic heterocycles. The highest BCUT2D eigenvalue weighted by atomic mass is 16.6. The normalized spacial score (nSPS) is 10.8. The van der Waals surface area contributed by atoms with Crippen molar-refractivity contribution in [1.82, 2.24) is 15.2 Å². The maximum absolute atomic E-state index is 11.1. The van der Waals surface area contributed by atoms with Gasteiger partial charge in [-0.2, -0.15) is 10.2 Å². The average Bonchev–Trinajstić information content (AvgIpc) is 3.35. The number of carbonyl (C=O) groups excluding carboxylic acids is 1. The number of amides is 1. The van der Waals surface area contributed by atoms with E-state index < -0.39 is 16.9 Å². The van der Waals surface area contributed by atoms with Crippen molar-refractivity contribution in [3.05, 3.63) is 58.3 Å². The van der Waals surface area contributed by atoms with E-state index in [1.54, 1.807) is 42.3 Å². The lowest BCUT2D eigenvalue weighted by Crippen LogP contribution is -2.16. The van der Waals surface area contributed by atoms with Crippen LogP contribution in [0.25, 0.3) is 17.1 Å². The minimum Gasteiger partial charge on any atom is -0.497 e. The fraction of sp³-hybridized carbons (Fsp3) is 0.118. The third-order valence-electron chi connectivity index (χ3n) is 3.63. The van der Waals surface area contributed by atoms with Gasteiger partial charge in [-0.1, -0.05) is 0 Å². The van der Waals surface area contributed by atoms with Gasteiger partial charge >= 0.3 is 12.0 Å². The van der Waals surface area contributed by atoms with Crippen LogP contribution in [0.3, 0.4) is 0 Å². The highest BCUT2D eigenvalue weighted by Gasteiger charge is 2.19. The molecule has 2 heterocycles. The summed E-state index contributed by atoms with van der Waals surface area (Å²) in [7, 11) is 2.77. The maximum atomic E-state index is 11.1. The lowest BCUT2D eigenvalue weighted by Gasteiger charge is -2.02. The molecule has 0 spiro atoms. The van der Waals surface area contributed by atoms with Crippen LogP contribution < -0.4 is 10.2 Å². The minimum atomic E-state index is -0.742. The lowest BCUT2D eigenvalue weighted by molar-refractivity contribution is -0.401. The molecule has 0 radical (unpaired) electrons. The predicted octanol–water partition coefficient (Wildman–Crippen LogP) is 2.74. The van der Waals surface area contributed by atoms with Crippen LogP contribution in [0.4, 0.5) is 10.7 Å². The van der Waals surface area contributed by atoms with Gasteiger partial charge in [0, 0.05) is 11.8 Å². The van der Waals surface area contributed by atoms with Crippen LogP contribution in [0.5, 0.6) is 5.75 Å². The molecule has 3 rings (SSSR count). The van der Waals surface area contributed by atoms with E-state index in [0.29, 0.717) is 22.7 Å². The third-order valence-corrected chi connectivity index (χ3v) is 3.63. The molecule has 1 aromatic carbocycles. The maximum Gasteiger partial charge on any atom is 0.433 e. The lowest BCUT2D eigenvalue weighted by atomic mass is 10.2. The van der Waals surface area contributed by atoms with E-state index in [9.17, 15) is 14.9 Å². The van der Waals surface area contributed by atoms with Gasteiger partial charge in [0.05, 0.1) is 32.2 Å². The Morgan fingerprint density at radius 3 is 2.64 bits per heavy atom.